The number of allylic oxidation sites excluding steroid dienone is 4. The van der Waals surface area contributed by atoms with Crippen molar-refractivity contribution < 1.29 is 51.3 Å². The molecule has 0 fully saturated rings. The van der Waals surface area contributed by atoms with Gasteiger partial charge in [0.25, 0.3) is 0 Å². The summed E-state index contributed by atoms with van der Waals surface area (Å²) in [5.74, 6) is 0. The van der Waals surface area contributed by atoms with Gasteiger partial charge in [0.15, 0.2) is 0 Å². The normalized spacial score (nSPS) is 13.6. The van der Waals surface area contributed by atoms with Crippen LogP contribution in [-0.4, -0.2) is 7.11 Å². The second kappa shape index (κ2) is 11.8. The molecule has 0 aliphatic heterocycles. The Morgan fingerprint density at radius 1 is 1.21 bits per heavy atom. The van der Waals surface area contributed by atoms with Gasteiger partial charge in [-0.1, -0.05) is 36.8 Å². The number of ether oxygens (including phenoxy) is 1. The molecular formula is C15H17Cl2OTi. The van der Waals surface area contributed by atoms with E-state index in [0.29, 0.717) is 0 Å². The maximum Gasteiger partial charge on any atom is 3.00 e. The number of methoxy groups -OCH3 is 1. The molecule has 1 radical (unpaired) electrons. The summed E-state index contributed by atoms with van der Waals surface area (Å²) in [6.07, 6.45) is 10.9. The Balaban J connectivity index is 0. The number of rotatable bonds is 5. The van der Waals surface area contributed by atoms with Crippen molar-refractivity contribution in [1.82, 2.24) is 0 Å². The molecule has 2 rings (SSSR count). The average Bonchev–Trinajstić information content (AvgIpc) is 2.84. The van der Waals surface area contributed by atoms with Crippen LogP contribution >= 0.6 is 0 Å². The maximum atomic E-state index is 5.53. The first kappa shape index (κ1) is 21.3. The average molecular weight is 332 g/mol. The van der Waals surface area contributed by atoms with Gasteiger partial charge in [0, 0.05) is 7.11 Å². The maximum absolute atomic E-state index is 5.53. The van der Waals surface area contributed by atoms with E-state index < -0.39 is 0 Å². The van der Waals surface area contributed by atoms with Gasteiger partial charge in [-0.25, -0.2) is 11.6 Å². The topological polar surface area (TPSA) is 9.23 Å². The molecule has 0 amide bonds. The minimum atomic E-state index is 0. The van der Waals surface area contributed by atoms with Gasteiger partial charge >= 0.3 is 21.7 Å². The fourth-order valence-electron chi connectivity index (χ4n) is 2.00. The SMILES string of the molecule is COC(CCC1=[C-]CC=C1)c1ccccc1.[Cl-].[Cl-].[Ti+3]. The molecule has 0 bridgehead atoms. The number of hydrogen-bond acceptors (Lipinski definition) is 1. The Labute approximate surface area is 143 Å². The van der Waals surface area contributed by atoms with Crippen molar-refractivity contribution in [3.8, 4) is 0 Å². The molecule has 1 atom stereocenters. The first-order valence-corrected chi connectivity index (χ1v) is 5.74. The predicted octanol–water partition coefficient (Wildman–Crippen LogP) is -2.15. The standard InChI is InChI=1S/C15H17O.2ClH.Ti/c1-16-15(14-9-3-2-4-10-14)12-11-13-7-5-6-8-13;;;/h2-5,7,9-10,15H,6,11-12H2,1H3;2*1H;/q-1;;;+3/p-2. The van der Waals surface area contributed by atoms with Crippen LogP contribution in [0.2, 0.25) is 0 Å². The van der Waals surface area contributed by atoms with Crippen LogP contribution < -0.4 is 24.8 Å². The van der Waals surface area contributed by atoms with Crippen molar-refractivity contribution in [1.29, 1.82) is 0 Å². The minimum Gasteiger partial charge on any atom is -1.00 e. The van der Waals surface area contributed by atoms with E-state index in [1.54, 1.807) is 7.11 Å². The summed E-state index contributed by atoms with van der Waals surface area (Å²) in [5, 5.41) is 0. The van der Waals surface area contributed by atoms with E-state index in [2.05, 4.69) is 42.5 Å². The van der Waals surface area contributed by atoms with Gasteiger partial charge in [-0.3, -0.25) is 6.08 Å². The zero-order valence-electron chi connectivity index (χ0n) is 10.9. The second-order valence-corrected chi connectivity index (χ2v) is 3.98. The summed E-state index contributed by atoms with van der Waals surface area (Å²) in [6, 6.07) is 10.4. The molecule has 1 nitrogen and oxygen atoms in total. The van der Waals surface area contributed by atoms with Crippen LogP contribution in [-0.2, 0) is 26.5 Å². The van der Waals surface area contributed by atoms with Crippen LogP contribution in [0.15, 0.2) is 48.1 Å². The van der Waals surface area contributed by atoms with Gasteiger partial charge < -0.3 is 29.6 Å². The summed E-state index contributed by atoms with van der Waals surface area (Å²) >= 11 is 0. The first-order chi connectivity index (χ1) is 7.90. The summed E-state index contributed by atoms with van der Waals surface area (Å²) in [6.45, 7) is 0. The third-order valence-electron chi connectivity index (χ3n) is 2.90. The predicted molar refractivity (Wildman–Crippen MR) is 65.9 cm³/mol. The van der Waals surface area contributed by atoms with Crippen LogP contribution in [0.5, 0.6) is 0 Å². The molecule has 0 N–H and O–H groups in total. The molecule has 1 aliphatic carbocycles. The molecule has 4 heteroatoms. The van der Waals surface area contributed by atoms with Crippen LogP contribution in [0.25, 0.3) is 0 Å². The van der Waals surface area contributed by atoms with E-state index in [4.69, 9.17) is 4.74 Å². The van der Waals surface area contributed by atoms with Gasteiger partial charge in [0.05, 0.1) is 6.10 Å². The Morgan fingerprint density at radius 2 is 1.89 bits per heavy atom. The minimum absolute atomic E-state index is 0. The molecule has 0 saturated carbocycles. The first-order valence-electron chi connectivity index (χ1n) is 5.74. The van der Waals surface area contributed by atoms with Crippen LogP contribution in [0.4, 0.5) is 0 Å². The summed E-state index contributed by atoms with van der Waals surface area (Å²) in [5.41, 5.74) is 2.57. The van der Waals surface area contributed by atoms with Gasteiger partial charge in [-0.15, -0.1) is 6.42 Å². The second-order valence-electron chi connectivity index (χ2n) is 3.98. The van der Waals surface area contributed by atoms with Crippen molar-refractivity contribution >= 4 is 0 Å². The zero-order chi connectivity index (χ0) is 11.2. The molecule has 1 aliphatic rings. The molecule has 0 aromatic heterocycles. The Morgan fingerprint density at radius 3 is 2.42 bits per heavy atom. The van der Waals surface area contributed by atoms with Gasteiger partial charge in [-0.05, 0) is 12.0 Å². The molecule has 1 aromatic carbocycles. The molecule has 101 valence electrons. The number of hydrogen-bond donors (Lipinski definition) is 0. The van der Waals surface area contributed by atoms with E-state index in [-0.39, 0.29) is 52.6 Å². The van der Waals surface area contributed by atoms with Crippen LogP contribution in [0.1, 0.15) is 30.9 Å². The van der Waals surface area contributed by atoms with Crippen molar-refractivity contribution in [3.63, 3.8) is 0 Å². The van der Waals surface area contributed by atoms with Gasteiger partial charge in [0.2, 0.25) is 0 Å². The number of halogens is 2. The van der Waals surface area contributed by atoms with E-state index >= 15 is 0 Å². The fourth-order valence-corrected chi connectivity index (χ4v) is 2.00. The molecule has 1 unspecified atom stereocenters. The van der Waals surface area contributed by atoms with E-state index in [1.807, 2.05) is 6.07 Å². The zero-order valence-corrected chi connectivity index (χ0v) is 14.0. The fraction of sp³-hybridized carbons (Fsp3) is 0.333. The van der Waals surface area contributed by atoms with E-state index in [1.165, 1.54) is 11.1 Å². The summed E-state index contributed by atoms with van der Waals surface area (Å²) in [7, 11) is 1.78. The molecule has 0 heterocycles. The quantitative estimate of drug-likeness (QED) is 0.441. The van der Waals surface area contributed by atoms with Crippen molar-refractivity contribution in [2.75, 3.05) is 7.11 Å². The third-order valence-corrected chi connectivity index (χ3v) is 2.90. The monoisotopic (exact) mass is 331 g/mol. The Kier molecular flexibility index (Phi) is 13.1. The van der Waals surface area contributed by atoms with Crippen molar-refractivity contribution in [3.05, 3.63) is 59.7 Å². The Hall–Kier alpha value is -0.0457. The summed E-state index contributed by atoms with van der Waals surface area (Å²) in [4.78, 5) is 0. The molecule has 0 spiro atoms. The van der Waals surface area contributed by atoms with Crippen molar-refractivity contribution in [2.45, 2.75) is 25.4 Å². The van der Waals surface area contributed by atoms with Gasteiger partial charge in [0.1, 0.15) is 0 Å². The van der Waals surface area contributed by atoms with E-state index in [0.717, 1.165) is 19.3 Å². The van der Waals surface area contributed by atoms with E-state index in [9.17, 15) is 0 Å². The van der Waals surface area contributed by atoms with Gasteiger partial charge in [-0.2, -0.15) is 6.08 Å². The number of benzene rings is 1. The molecular weight excluding hydrogens is 315 g/mol. The third kappa shape index (κ3) is 6.78. The van der Waals surface area contributed by atoms with Crippen LogP contribution in [0.3, 0.4) is 0 Å². The van der Waals surface area contributed by atoms with Crippen molar-refractivity contribution in [2.24, 2.45) is 0 Å². The molecule has 1 aromatic rings. The smallest absolute Gasteiger partial charge is 1.00 e. The largest absolute Gasteiger partial charge is 3.00 e. The van der Waals surface area contributed by atoms with Crippen LogP contribution in [0, 0.1) is 6.08 Å². The summed E-state index contributed by atoms with van der Waals surface area (Å²) < 4.78 is 5.53. The molecule has 0 saturated heterocycles. The Bertz CT molecular complexity index is 390. The molecule has 19 heavy (non-hydrogen) atoms.